The highest BCUT2D eigenvalue weighted by Gasteiger charge is 2.38. The predicted octanol–water partition coefficient (Wildman–Crippen LogP) is -2.05. The molecule has 13 atom stereocenters. The molecular formula is C75H102N18O19S2. The summed E-state index contributed by atoms with van der Waals surface area (Å²) in [6.07, 6.45) is 2.06. The van der Waals surface area contributed by atoms with Crippen LogP contribution in [-0.2, 0) is 97.6 Å². The summed E-state index contributed by atoms with van der Waals surface area (Å²) in [6, 6.07) is 1.93. The number of phenolic OH excluding ortho intramolecular Hbond substituents is 1. The van der Waals surface area contributed by atoms with E-state index < -0.39 is 199 Å². The number of imidazole rings is 1. The lowest BCUT2D eigenvalue weighted by molar-refractivity contribution is -0.140. The molecule has 0 fully saturated rings. The number of nitrogens with two attached hydrogens (primary N) is 1. The summed E-state index contributed by atoms with van der Waals surface area (Å²) >= 11 is 8.43. The Morgan fingerprint density at radius 3 is 1.45 bits per heavy atom. The van der Waals surface area contributed by atoms with Gasteiger partial charge in [0, 0.05) is 89.7 Å². The highest BCUT2D eigenvalue weighted by Crippen LogP contribution is 2.22. The van der Waals surface area contributed by atoms with Gasteiger partial charge in [-0.2, -0.15) is 25.3 Å². The number of nitrogens with one attached hydrogen (secondary N) is 16. The number of thiol groups is 2. The standard InChI is InChI=1S/C75H102N18O19S2/c1-8-23-78-51(29-61(99)100)68(105)90-57(34-113)73(110)83-39(6)65(102)85-54(26-42-30-79-48-15-11-9-13-46(42)48)69(106)88-56(28-44-32-77-36-82-44)71(108)87-53(25-41-17-19-45(95)20-18-41)66(103)81-33-59(96)84-50(21-22-60(97)98)67(104)86-52(24-37(2)3)72(109)92-62(38(4)5)75(112)89-55(27-43-31-80-49-16-12-10-14-47(43)49)70(107)91-58(35-114)74(111)93-63(40(7)94)64(76)101/h9-20,30-32,36-40,50-58,62-63,78-80,94-95,113-114H,8,21-29,33-35H2,1-7H3,(H2,76,101)(H,77,82)(H,81,103)(H,83,110)(H,84,96)(H,85,102)(H,86,104)(H,87,108)(H,88,106)(H,89,112)(H,90,105)(H,91,107)(H,92,109)(H,93,111)(H,97,98)(H,99,100)/t39-,40+,50?,51-,52-,53?,54?,55-,56-,57?,58?,62?,63-/m0/s1. The number of hydrogen-bond acceptors (Lipinski definition) is 21. The van der Waals surface area contributed by atoms with Gasteiger partial charge in [0.15, 0.2) is 0 Å². The normalized spacial score (nSPS) is 14.7. The minimum absolute atomic E-state index is 0.0889. The molecule has 0 saturated heterocycles. The fraction of sp³-hybridized carbons (Fsp3) is 0.467. The molecule has 22 N–H and O–H groups in total. The molecule has 13 amide bonds. The lowest BCUT2D eigenvalue weighted by atomic mass is 9.98. The topological polar surface area (TPSA) is 580 Å². The third-order valence-corrected chi connectivity index (χ3v) is 18.9. The first-order valence-electron chi connectivity index (χ1n) is 36.9. The fourth-order valence-electron chi connectivity index (χ4n) is 12.0. The zero-order valence-electron chi connectivity index (χ0n) is 63.9. The lowest BCUT2D eigenvalue weighted by Crippen LogP contribution is -2.61. The van der Waals surface area contributed by atoms with Gasteiger partial charge in [-0.25, -0.2) is 4.98 Å². The van der Waals surface area contributed by atoms with Crippen molar-refractivity contribution in [2.45, 2.75) is 185 Å². The first-order chi connectivity index (χ1) is 54.1. The highest BCUT2D eigenvalue weighted by molar-refractivity contribution is 7.80. The third kappa shape index (κ3) is 28.3. The number of aliphatic hydroxyl groups is 1. The molecule has 37 nitrogen and oxygen atoms in total. The maximum absolute atomic E-state index is 14.9. The van der Waals surface area contributed by atoms with Crippen LogP contribution in [0.5, 0.6) is 5.75 Å². The fourth-order valence-corrected chi connectivity index (χ4v) is 12.6. The molecule has 0 radical (unpaired) electrons. The first-order valence-corrected chi connectivity index (χ1v) is 38.2. The SMILES string of the molecule is CCCN[C@@H](CC(=O)O)C(=O)NC(CS)C(=O)N[C@@H](C)C(=O)NC(Cc1c[nH]c2ccccc12)C(=O)N[C@@H](Cc1cnc[nH]1)C(=O)NC(Cc1ccc(O)cc1)C(=O)NCC(=O)NC(CCC(=O)O)C(=O)N[C@@H](CC(C)C)C(=O)NC(C(=O)N[C@@H](Cc1c[nH]c2ccccc12)C(=O)NC(CS)C(=O)N[C@H](C(N)=O)[C@@H](C)O)C(C)C. The number of rotatable bonds is 47. The number of aliphatic hydroxyl groups excluding tert-OH is 1. The number of aliphatic carboxylic acids is 2. The number of nitrogens with zero attached hydrogens (tertiary/aromatic N) is 1. The zero-order chi connectivity index (χ0) is 84.0. The molecule has 3 aromatic heterocycles. The van der Waals surface area contributed by atoms with Gasteiger partial charge in [-0.15, -0.1) is 0 Å². The number of carbonyl (C=O) groups is 15. The Balaban J connectivity index is 1.20. The Morgan fingerprint density at radius 2 is 0.956 bits per heavy atom. The molecule has 618 valence electrons. The van der Waals surface area contributed by atoms with Crippen LogP contribution in [0.4, 0.5) is 0 Å². The number of primary amides is 1. The minimum Gasteiger partial charge on any atom is -0.508 e. The van der Waals surface area contributed by atoms with E-state index in [1.54, 1.807) is 95.5 Å². The van der Waals surface area contributed by atoms with Crippen molar-refractivity contribution in [1.29, 1.82) is 0 Å². The number of hydrogen-bond donors (Lipinski definition) is 23. The van der Waals surface area contributed by atoms with Gasteiger partial charge in [-0.05, 0) is 92.4 Å². The number of aromatic amines is 3. The largest absolute Gasteiger partial charge is 0.508 e. The van der Waals surface area contributed by atoms with Gasteiger partial charge in [0.2, 0.25) is 76.8 Å². The summed E-state index contributed by atoms with van der Waals surface area (Å²) in [6.45, 7) is 10.3. The Kier molecular flexibility index (Phi) is 35.7. The van der Waals surface area contributed by atoms with E-state index in [-0.39, 0.29) is 61.8 Å². The second kappa shape index (κ2) is 44.6. The van der Waals surface area contributed by atoms with Crippen LogP contribution in [0, 0.1) is 11.8 Å². The smallest absolute Gasteiger partial charge is 0.305 e. The van der Waals surface area contributed by atoms with Crippen LogP contribution in [0.2, 0.25) is 0 Å². The van der Waals surface area contributed by atoms with E-state index in [1.807, 2.05) is 0 Å². The number of carboxylic acids is 2. The van der Waals surface area contributed by atoms with Crippen molar-refractivity contribution in [3.8, 4) is 5.75 Å². The number of fused-ring (bicyclic) bond motifs is 2. The van der Waals surface area contributed by atoms with Gasteiger partial charge in [0.25, 0.3) is 0 Å². The molecule has 0 aliphatic rings. The Labute approximate surface area is 666 Å². The summed E-state index contributed by atoms with van der Waals surface area (Å²) in [5.41, 5.74) is 8.50. The summed E-state index contributed by atoms with van der Waals surface area (Å²) in [4.78, 5) is 219. The van der Waals surface area contributed by atoms with Crippen LogP contribution in [0.25, 0.3) is 21.8 Å². The van der Waals surface area contributed by atoms with Gasteiger partial charge in [0.05, 0.1) is 31.4 Å². The molecule has 0 bridgehead atoms. The number of aromatic hydroxyl groups is 1. The van der Waals surface area contributed by atoms with Crippen LogP contribution in [-0.4, -0.2) is 232 Å². The second-order valence-electron chi connectivity index (χ2n) is 28.2. The van der Waals surface area contributed by atoms with Crippen molar-refractivity contribution in [2.75, 3.05) is 24.6 Å². The van der Waals surface area contributed by atoms with E-state index >= 15 is 0 Å². The summed E-state index contributed by atoms with van der Waals surface area (Å²) in [5, 5.41) is 74.2. The molecule has 6 unspecified atom stereocenters. The van der Waals surface area contributed by atoms with Crippen molar-refractivity contribution < 1.29 is 92.3 Å². The van der Waals surface area contributed by atoms with Gasteiger partial charge in [-0.3, -0.25) is 71.9 Å². The number of amides is 13. The van der Waals surface area contributed by atoms with Crippen LogP contribution in [0.1, 0.15) is 103 Å². The Bertz CT molecular complexity index is 4350. The van der Waals surface area contributed by atoms with E-state index in [4.69, 9.17) is 5.73 Å². The number of carboxylic acid groups (broad SMARTS) is 2. The van der Waals surface area contributed by atoms with Crippen molar-refractivity contribution in [1.82, 2.24) is 89.1 Å². The van der Waals surface area contributed by atoms with E-state index in [0.717, 1.165) is 0 Å². The third-order valence-electron chi connectivity index (χ3n) is 18.2. The molecule has 3 aromatic carbocycles. The number of phenols is 1. The van der Waals surface area contributed by atoms with Crippen LogP contribution in [0.3, 0.4) is 0 Å². The molecule has 114 heavy (non-hydrogen) atoms. The maximum atomic E-state index is 14.9. The summed E-state index contributed by atoms with van der Waals surface area (Å²) in [5.74, 6) is -16.8. The van der Waals surface area contributed by atoms with Crippen molar-refractivity contribution in [3.05, 3.63) is 120 Å². The number of para-hydroxylation sites is 2. The van der Waals surface area contributed by atoms with E-state index in [0.29, 0.717) is 50.6 Å². The van der Waals surface area contributed by atoms with Crippen LogP contribution >= 0.6 is 25.3 Å². The lowest BCUT2D eigenvalue weighted by Gasteiger charge is -2.29. The molecule has 0 aliphatic heterocycles. The molecule has 0 spiro atoms. The number of H-pyrrole nitrogens is 3. The maximum Gasteiger partial charge on any atom is 0.305 e. The average molecular weight is 1620 g/mol. The second-order valence-corrected chi connectivity index (χ2v) is 28.9. The molecule has 0 aliphatic carbocycles. The zero-order valence-corrected chi connectivity index (χ0v) is 65.7. The van der Waals surface area contributed by atoms with Crippen LogP contribution < -0.4 is 74.9 Å². The van der Waals surface area contributed by atoms with Crippen molar-refractivity contribution in [2.24, 2.45) is 17.6 Å². The number of carbonyl (C=O) groups excluding carboxylic acids is 13. The molecule has 6 rings (SSSR count). The number of aromatic nitrogens is 4. The monoisotopic (exact) mass is 1620 g/mol. The van der Waals surface area contributed by atoms with Crippen molar-refractivity contribution in [3.63, 3.8) is 0 Å². The summed E-state index contributed by atoms with van der Waals surface area (Å²) in [7, 11) is 0. The van der Waals surface area contributed by atoms with Crippen LogP contribution in [0.15, 0.2) is 97.7 Å². The number of benzene rings is 3. The van der Waals surface area contributed by atoms with Gasteiger partial charge >= 0.3 is 11.9 Å². The Morgan fingerprint density at radius 1 is 0.491 bits per heavy atom. The molecule has 0 saturated carbocycles. The molecular weight excluding hydrogens is 1520 g/mol. The quantitative estimate of drug-likeness (QED) is 0.0183. The average Bonchev–Trinajstić information content (AvgIpc) is 1.63. The molecule has 3 heterocycles. The van der Waals surface area contributed by atoms with Gasteiger partial charge < -0.3 is 110 Å². The molecule has 39 heteroatoms. The highest BCUT2D eigenvalue weighted by atomic mass is 32.1. The van der Waals surface area contributed by atoms with E-state index in [1.165, 1.54) is 50.6 Å². The first kappa shape index (κ1) is 91.3. The minimum atomic E-state index is -1.70. The molecule has 6 aromatic rings. The van der Waals surface area contributed by atoms with Gasteiger partial charge in [0.1, 0.15) is 72.2 Å². The summed E-state index contributed by atoms with van der Waals surface area (Å²) < 4.78 is 0. The predicted molar refractivity (Wildman–Crippen MR) is 422 cm³/mol. The van der Waals surface area contributed by atoms with E-state index in [9.17, 15) is 92.3 Å². The van der Waals surface area contributed by atoms with Crippen molar-refractivity contribution >= 4 is 136 Å². The van der Waals surface area contributed by atoms with E-state index in [2.05, 4.69) is 114 Å². The Hall–Kier alpha value is -11.6. The van der Waals surface area contributed by atoms with Gasteiger partial charge in [-0.1, -0.05) is 83.1 Å².